The highest BCUT2D eigenvalue weighted by molar-refractivity contribution is 5.74. The average Bonchev–Trinajstić information content (AvgIpc) is 2.89. The van der Waals surface area contributed by atoms with Crippen LogP contribution < -0.4 is 0 Å². The first-order valence-electron chi connectivity index (χ1n) is 5.90. The van der Waals surface area contributed by atoms with Crippen molar-refractivity contribution in [1.29, 1.82) is 0 Å². The van der Waals surface area contributed by atoms with E-state index < -0.39 is 30.1 Å². The van der Waals surface area contributed by atoms with Gasteiger partial charge in [-0.2, -0.15) is 0 Å². The lowest BCUT2D eigenvalue weighted by atomic mass is 9.77. The molecule has 1 N–H and O–H groups in total. The summed E-state index contributed by atoms with van der Waals surface area (Å²) in [6, 6.07) is 0. The number of esters is 1. The quantitative estimate of drug-likeness (QED) is 0.538. The Hall–Kier alpha value is -0.950. The van der Waals surface area contributed by atoms with Crippen LogP contribution in [-0.2, 0) is 23.7 Å². The fourth-order valence-corrected chi connectivity index (χ4v) is 3.19. The van der Waals surface area contributed by atoms with Crippen LogP contribution in [0.2, 0.25) is 0 Å². The van der Waals surface area contributed by atoms with Crippen molar-refractivity contribution in [3.8, 4) is 0 Å². The zero-order valence-electron chi connectivity index (χ0n) is 10.2. The highest BCUT2D eigenvalue weighted by Crippen LogP contribution is 2.51. The third-order valence-electron chi connectivity index (χ3n) is 4.05. The van der Waals surface area contributed by atoms with Gasteiger partial charge in [-0.1, -0.05) is 12.2 Å². The van der Waals surface area contributed by atoms with Gasteiger partial charge < -0.3 is 24.1 Å². The maximum absolute atomic E-state index is 11.9. The molecule has 2 aliphatic heterocycles. The first kappa shape index (κ1) is 12.1. The molecule has 1 aliphatic carbocycles. The molecule has 0 aromatic rings. The van der Waals surface area contributed by atoms with Crippen LogP contribution in [0.15, 0.2) is 12.2 Å². The van der Waals surface area contributed by atoms with E-state index in [-0.39, 0.29) is 18.4 Å². The van der Waals surface area contributed by atoms with E-state index in [9.17, 15) is 9.90 Å². The smallest absolute Gasteiger partial charge is 0.314 e. The Morgan fingerprint density at radius 3 is 2.94 bits per heavy atom. The van der Waals surface area contributed by atoms with E-state index in [1.807, 2.05) is 6.08 Å². The van der Waals surface area contributed by atoms with Crippen molar-refractivity contribution < 1.29 is 28.8 Å². The van der Waals surface area contributed by atoms with E-state index in [0.29, 0.717) is 0 Å². The van der Waals surface area contributed by atoms with Crippen LogP contribution in [0.25, 0.3) is 0 Å². The maximum atomic E-state index is 11.9. The summed E-state index contributed by atoms with van der Waals surface area (Å²) in [5, 5.41) is 10.4. The number of carbonyl (C=O) groups excluding carboxylic acids is 1. The Morgan fingerprint density at radius 2 is 2.28 bits per heavy atom. The van der Waals surface area contributed by atoms with Crippen molar-refractivity contribution in [2.24, 2.45) is 17.8 Å². The Morgan fingerprint density at radius 1 is 1.50 bits per heavy atom. The van der Waals surface area contributed by atoms with Gasteiger partial charge in [-0.05, 0) is 0 Å². The molecule has 0 radical (unpaired) electrons. The van der Waals surface area contributed by atoms with Gasteiger partial charge in [0.2, 0.25) is 0 Å². The van der Waals surface area contributed by atoms with Crippen LogP contribution in [0.4, 0.5) is 0 Å². The molecule has 0 aromatic heterocycles. The summed E-state index contributed by atoms with van der Waals surface area (Å²) in [7, 11) is 2.80. The van der Waals surface area contributed by atoms with Crippen molar-refractivity contribution >= 4 is 5.97 Å². The second kappa shape index (κ2) is 4.03. The van der Waals surface area contributed by atoms with E-state index in [4.69, 9.17) is 18.9 Å². The van der Waals surface area contributed by atoms with Gasteiger partial charge >= 0.3 is 5.97 Å². The molecule has 0 aromatic carbocycles. The summed E-state index contributed by atoms with van der Waals surface area (Å²) in [4.78, 5) is 11.9. The van der Waals surface area contributed by atoms with Gasteiger partial charge in [0.25, 0.3) is 0 Å². The van der Waals surface area contributed by atoms with Gasteiger partial charge in [0.05, 0.1) is 19.6 Å². The largest absolute Gasteiger partial charge is 0.469 e. The molecular weight excluding hydrogens is 240 g/mol. The summed E-state index contributed by atoms with van der Waals surface area (Å²) in [5.74, 6) is -1.43. The fourth-order valence-electron chi connectivity index (χ4n) is 3.19. The van der Waals surface area contributed by atoms with Crippen LogP contribution in [0, 0.1) is 17.8 Å². The maximum Gasteiger partial charge on any atom is 0.314 e. The van der Waals surface area contributed by atoms with Gasteiger partial charge in [0.1, 0.15) is 11.5 Å². The number of allylic oxidation sites excluding steroid dienone is 1. The zero-order valence-corrected chi connectivity index (χ0v) is 10.2. The van der Waals surface area contributed by atoms with E-state index >= 15 is 0 Å². The normalized spacial score (nSPS) is 49.2. The number of hydrogen-bond acceptors (Lipinski definition) is 6. The fraction of sp³-hybridized carbons (Fsp3) is 0.750. The summed E-state index contributed by atoms with van der Waals surface area (Å²) in [6.45, 7) is 0.180. The van der Waals surface area contributed by atoms with E-state index in [2.05, 4.69) is 0 Å². The Balaban J connectivity index is 1.95. The number of rotatable bonds is 2. The van der Waals surface area contributed by atoms with Crippen LogP contribution in [0.1, 0.15) is 0 Å². The zero-order chi connectivity index (χ0) is 12.9. The molecule has 6 heteroatoms. The predicted octanol–water partition coefficient (Wildman–Crippen LogP) is -0.332. The molecule has 2 fully saturated rings. The molecule has 18 heavy (non-hydrogen) atoms. The molecule has 0 bridgehead atoms. The highest BCUT2D eigenvalue weighted by Gasteiger charge is 2.62. The molecule has 0 saturated carbocycles. The van der Waals surface area contributed by atoms with Gasteiger partial charge in [-0.3, -0.25) is 4.79 Å². The predicted molar refractivity (Wildman–Crippen MR) is 58.2 cm³/mol. The van der Waals surface area contributed by atoms with Crippen molar-refractivity contribution in [3.05, 3.63) is 12.2 Å². The van der Waals surface area contributed by atoms with Crippen LogP contribution >= 0.6 is 0 Å². The molecule has 6 atom stereocenters. The summed E-state index contributed by atoms with van der Waals surface area (Å²) >= 11 is 0. The molecule has 0 amide bonds. The van der Waals surface area contributed by atoms with Crippen LogP contribution in [-0.4, -0.2) is 50.1 Å². The minimum Gasteiger partial charge on any atom is -0.469 e. The Bertz CT molecular complexity index is 394. The molecule has 100 valence electrons. The molecule has 2 saturated heterocycles. The second-order valence-electron chi connectivity index (χ2n) is 4.92. The number of methoxy groups -OCH3 is 2. The third-order valence-corrected chi connectivity index (χ3v) is 4.05. The van der Waals surface area contributed by atoms with E-state index in [1.165, 1.54) is 14.2 Å². The minimum atomic E-state index is -1.04. The second-order valence-corrected chi connectivity index (χ2v) is 4.92. The lowest BCUT2D eigenvalue weighted by Gasteiger charge is -2.40. The standard InChI is InChI=1S/C12H16O6/c1-15-9(13)7-6-3-4-12(14)5-17-11(8(6)12)18-10(7)16-2/h3-4,6-8,10-11,14H,5H2,1-2H3/t6-,7+,8-,10-,11+,12-/m0/s1. The van der Waals surface area contributed by atoms with Crippen LogP contribution in [0.3, 0.4) is 0 Å². The van der Waals surface area contributed by atoms with Gasteiger partial charge in [0, 0.05) is 13.0 Å². The Kier molecular flexibility index (Phi) is 2.71. The van der Waals surface area contributed by atoms with Gasteiger partial charge in [0.15, 0.2) is 12.6 Å². The van der Waals surface area contributed by atoms with E-state index in [0.717, 1.165) is 0 Å². The van der Waals surface area contributed by atoms with E-state index in [1.54, 1.807) is 6.08 Å². The summed E-state index contributed by atoms with van der Waals surface area (Å²) < 4.78 is 21.0. The third kappa shape index (κ3) is 1.46. The molecule has 0 unspecified atom stereocenters. The van der Waals surface area contributed by atoms with Gasteiger partial charge in [-0.25, -0.2) is 0 Å². The molecule has 6 nitrogen and oxygen atoms in total. The molecular formula is C12H16O6. The van der Waals surface area contributed by atoms with Gasteiger partial charge in [-0.15, -0.1) is 0 Å². The number of carbonyl (C=O) groups is 1. The molecule has 0 spiro atoms. The first-order chi connectivity index (χ1) is 8.60. The van der Waals surface area contributed by atoms with Crippen molar-refractivity contribution in [3.63, 3.8) is 0 Å². The molecule has 2 heterocycles. The summed E-state index contributed by atoms with van der Waals surface area (Å²) in [6.07, 6.45) is 2.28. The SMILES string of the molecule is COC(=O)[C@@H]1[C@@H](OC)O[C@H]2OC[C@@]3(O)C=C[C@@H]1[C@@H]23. The number of hydrogen-bond donors (Lipinski definition) is 1. The molecule has 3 aliphatic rings. The number of aliphatic hydroxyl groups is 1. The highest BCUT2D eigenvalue weighted by atomic mass is 16.8. The van der Waals surface area contributed by atoms with Crippen molar-refractivity contribution in [2.75, 3.05) is 20.8 Å². The lowest BCUT2D eigenvalue weighted by Crippen LogP contribution is -2.52. The van der Waals surface area contributed by atoms with Crippen molar-refractivity contribution in [2.45, 2.75) is 18.2 Å². The number of ether oxygens (including phenoxy) is 4. The molecule has 3 rings (SSSR count). The lowest BCUT2D eigenvalue weighted by molar-refractivity contribution is -0.288. The minimum absolute atomic E-state index is 0.180. The topological polar surface area (TPSA) is 74.2 Å². The van der Waals surface area contributed by atoms with Crippen molar-refractivity contribution in [1.82, 2.24) is 0 Å². The van der Waals surface area contributed by atoms with Crippen LogP contribution in [0.5, 0.6) is 0 Å². The summed E-state index contributed by atoms with van der Waals surface area (Å²) in [5.41, 5.74) is -1.04. The monoisotopic (exact) mass is 256 g/mol. The average molecular weight is 256 g/mol. The first-order valence-corrected chi connectivity index (χ1v) is 5.90. The Labute approximate surface area is 104 Å².